The van der Waals surface area contributed by atoms with E-state index >= 15 is 0 Å². The summed E-state index contributed by atoms with van der Waals surface area (Å²) in [6.45, 7) is 0. The minimum atomic E-state index is 0.611. The van der Waals surface area contributed by atoms with Crippen LogP contribution >= 0.6 is 11.3 Å². The van der Waals surface area contributed by atoms with Gasteiger partial charge in [0.25, 0.3) is 0 Å². The maximum absolute atomic E-state index is 5.75. The third-order valence-corrected chi connectivity index (χ3v) is 9.64. The van der Waals surface area contributed by atoms with E-state index in [2.05, 4.69) is 36.4 Å². The second-order valence-corrected chi connectivity index (χ2v) is 12.9. The molecule has 0 aliphatic carbocycles. The maximum Gasteiger partial charge on any atom is 0.164 e. The highest BCUT2D eigenvalue weighted by Gasteiger charge is 2.14. The first-order chi connectivity index (χ1) is 24.7. The Bertz CT molecular complexity index is 2640. The number of aliphatic imine (C=N–C) groups is 2. The third kappa shape index (κ3) is 5.76. The molecule has 0 radical (unpaired) electrons. The molecule has 6 aromatic carbocycles. The fourth-order valence-corrected chi connectivity index (χ4v) is 7.14. The highest BCUT2D eigenvalue weighted by Crippen LogP contribution is 2.37. The summed E-state index contributed by atoms with van der Waals surface area (Å²) in [4.78, 5) is 24.6. The molecule has 50 heavy (non-hydrogen) atoms. The van der Waals surface area contributed by atoms with Crippen LogP contribution in [-0.2, 0) is 0 Å². The summed E-state index contributed by atoms with van der Waals surface area (Å²) >= 11 is 1.76. The van der Waals surface area contributed by atoms with Crippen molar-refractivity contribution in [3.63, 3.8) is 0 Å². The molecule has 0 fully saturated rings. The van der Waals surface area contributed by atoms with E-state index in [1.54, 1.807) is 17.6 Å². The van der Waals surface area contributed by atoms with E-state index < -0.39 is 0 Å². The van der Waals surface area contributed by atoms with Crippen molar-refractivity contribution >= 4 is 60.2 Å². The molecule has 0 unspecified atom stereocenters. The minimum absolute atomic E-state index is 0.611. The number of para-hydroxylation sites is 1. The monoisotopic (exact) mass is 661 g/mol. The lowest BCUT2D eigenvalue weighted by molar-refractivity contribution is 0.616. The van der Waals surface area contributed by atoms with Crippen LogP contribution in [0.4, 0.5) is 5.69 Å². The molecule has 3 aromatic heterocycles. The Morgan fingerprint density at radius 2 is 1.18 bits per heavy atom. The van der Waals surface area contributed by atoms with E-state index in [0.717, 1.165) is 49.9 Å². The van der Waals surface area contributed by atoms with Gasteiger partial charge in [-0.15, -0.1) is 11.3 Å². The zero-order valence-electron chi connectivity index (χ0n) is 26.6. The Morgan fingerprint density at radius 1 is 0.540 bits per heavy atom. The molecule has 3 heterocycles. The van der Waals surface area contributed by atoms with E-state index in [4.69, 9.17) is 29.4 Å². The molecule has 0 spiro atoms. The van der Waals surface area contributed by atoms with Crippen LogP contribution in [0.1, 0.15) is 11.1 Å². The van der Waals surface area contributed by atoms with Crippen molar-refractivity contribution < 1.29 is 4.42 Å². The lowest BCUT2D eigenvalue weighted by atomic mass is 10.1. The third-order valence-electron chi connectivity index (χ3n) is 8.51. The molecule has 7 heteroatoms. The van der Waals surface area contributed by atoms with Crippen molar-refractivity contribution in [2.75, 3.05) is 0 Å². The van der Waals surface area contributed by atoms with Gasteiger partial charge in [-0.3, -0.25) is 0 Å². The van der Waals surface area contributed by atoms with Crippen LogP contribution in [-0.4, -0.2) is 27.0 Å². The summed E-state index contributed by atoms with van der Waals surface area (Å²) in [6.07, 6.45) is 3.56. The molecular formula is C43H27N5OS. The molecule has 0 N–H and O–H groups in total. The Hall–Kier alpha value is -6.57. The highest BCUT2D eigenvalue weighted by atomic mass is 32.1. The lowest BCUT2D eigenvalue weighted by Crippen LogP contribution is -2.00. The maximum atomic E-state index is 5.75. The minimum Gasteiger partial charge on any atom is -0.462 e. The zero-order chi connectivity index (χ0) is 33.3. The molecule has 0 saturated heterocycles. The molecule has 9 rings (SSSR count). The topological polar surface area (TPSA) is 76.5 Å². The largest absolute Gasteiger partial charge is 0.462 e. The van der Waals surface area contributed by atoms with Crippen LogP contribution in [0, 0.1) is 0 Å². The summed E-state index contributed by atoms with van der Waals surface area (Å²) in [5, 5.41) is 3.28. The predicted molar refractivity (Wildman–Crippen MR) is 205 cm³/mol. The van der Waals surface area contributed by atoms with Crippen molar-refractivity contribution in [1.29, 1.82) is 0 Å². The quantitative estimate of drug-likeness (QED) is 0.131. The van der Waals surface area contributed by atoms with Crippen molar-refractivity contribution in [3.05, 3.63) is 169 Å². The summed E-state index contributed by atoms with van der Waals surface area (Å²) in [5.74, 6) is 2.54. The van der Waals surface area contributed by atoms with Crippen molar-refractivity contribution in [2.24, 2.45) is 9.98 Å². The average molecular weight is 662 g/mol. The SMILES string of the molecule is C(=N\C(=N/c1coc2ccccc12)c1ccccc1)/c1ccc2c(c1)sc1ccc(-c3nc(-c4ccccc4)nc(-c4ccccc4)n3)cc12. The highest BCUT2D eigenvalue weighted by molar-refractivity contribution is 7.25. The van der Waals surface area contributed by atoms with Crippen LogP contribution in [0.2, 0.25) is 0 Å². The van der Waals surface area contributed by atoms with E-state index in [1.807, 2.05) is 121 Å². The van der Waals surface area contributed by atoms with Crippen molar-refractivity contribution in [3.8, 4) is 34.2 Å². The molecule has 0 bridgehead atoms. The standard InChI is InChI=1S/C43H27N5OS/c1-4-12-29(13-5-1)40(45-36-27-49-37-19-11-10-18-34(36)37)44-26-28-20-22-33-35-25-32(21-23-38(35)50-39(33)24-28)43-47-41(30-14-6-2-7-15-30)46-42(48-43)31-16-8-3-9-17-31/h1-27H/b44-26+,45-40-. The first-order valence-corrected chi connectivity index (χ1v) is 17.0. The van der Waals surface area contributed by atoms with Crippen LogP contribution < -0.4 is 0 Å². The van der Waals surface area contributed by atoms with Crippen LogP contribution in [0.25, 0.3) is 65.3 Å². The van der Waals surface area contributed by atoms with E-state index in [0.29, 0.717) is 23.3 Å². The number of fused-ring (bicyclic) bond motifs is 4. The predicted octanol–water partition coefficient (Wildman–Crippen LogP) is 11.2. The van der Waals surface area contributed by atoms with E-state index in [1.165, 1.54) is 14.8 Å². The van der Waals surface area contributed by atoms with Gasteiger partial charge in [-0.1, -0.05) is 115 Å². The fraction of sp³-hybridized carbons (Fsp3) is 0. The summed E-state index contributed by atoms with van der Waals surface area (Å²) in [6, 6.07) is 50.9. The molecular weight excluding hydrogens is 635 g/mol. The Labute approximate surface area is 291 Å². The second-order valence-electron chi connectivity index (χ2n) is 11.8. The number of thiophene rings is 1. The van der Waals surface area contributed by atoms with Gasteiger partial charge in [0.2, 0.25) is 0 Å². The van der Waals surface area contributed by atoms with E-state index in [-0.39, 0.29) is 0 Å². The van der Waals surface area contributed by atoms with Gasteiger partial charge >= 0.3 is 0 Å². The van der Waals surface area contributed by atoms with Gasteiger partial charge in [0.15, 0.2) is 23.3 Å². The normalized spacial score (nSPS) is 12.0. The number of benzene rings is 6. The number of furan rings is 1. The number of amidine groups is 1. The van der Waals surface area contributed by atoms with Gasteiger partial charge in [0.05, 0.1) is 0 Å². The van der Waals surface area contributed by atoms with Crippen molar-refractivity contribution in [1.82, 2.24) is 15.0 Å². The molecule has 9 aromatic rings. The molecule has 236 valence electrons. The summed E-state index contributed by atoms with van der Waals surface area (Å²) in [7, 11) is 0. The number of rotatable bonds is 6. The Morgan fingerprint density at radius 3 is 1.90 bits per heavy atom. The van der Waals surface area contributed by atoms with Gasteiger partial charge in [0.1, 0.15) is 17.5 Å². The second kappa shape index (κ2) is 12.8. The average Bonchev–Trinajstić information content (AvgIpc) is 3.77. The molecule has 0 aliphatic heterocycles. The summed E-state index contributed by atoms with van der Waals surface area (Å²) in [5.41, 5.74) is 6.29. The van der Waals surface area contributed by atoms with Crippen LogP contribution in [0.5, 0.6) is 0 Å². The van der Waals surface area contributed by atoms with Crippen molar-refractivity contribution in [2.45, 2.75) is 0 Å². The zero-order valence-corrected chi connectivity index (χ0v) is 27.5. The Balaban J connectivity index is 1.09. The van der Waals surface area contributed by atoms with Gasteiger partial charge in [0, 0.05) is 54.0 Å². The van der Waals surface area contributed by atoms with Gasteiger partial charge < -0.3 is 4.42 Å². The lowest BCUT2D eigenvalue weighted by Gasteiger charge is -2.08. The number of hydrogen-bond donors (Lipinski definition) is 0. The number of nitrogens with zero attached hydrogens (tertiary/aromatic N) is 5. The first-order valence-electron chi connectivity index (χ1n) is 16.2. The van der Waals surface area contributed by atoms with Gasteiger partial charge in [-0.05, 0) is 42.0 Å². The van der Waals surface area contributed by atoms with E-state index in [9.17, 15) is 0 Å². The molecule has 0 aliphatic rings. The molecule has 6 nitrogen and oxygen atoms in total. The molecule has 0 saturated carbocycles. The number of aromatic nitrogens is 3. The summed E-state index contributed by atoms with van der Waals surface area (Å²) < 4.78 is 8.11. The smallest absolute Gasteiger partial charge is 0.164 e. The fourth-order valence-electron chi connectivity index (χ4n) is 6.01. The molecule has 0 atom stereocenters. The van der Waals surface area contributed by atoms with Gasteiger partial charge in [-0.25, -0.2) is 24.9 Å². The molecule has 0 amide bonds. The Kier molecular flexibility index (Phi) is 7.57. The first kappa shape index (κ1) is 29.6. The van der Waals surface area contributed by atoms with Gasteiger partial charge in [-0.2, -0.15) is 0 Å². The van der Waals surface area contributed by atoms with Crippen LogP contribution in [0.3, 0.4) is 0 Å². The number of hydrogen-bond acceptors (Lipinski definition) is 6. The van der Waals surface area contributed by atoms with Crippen LogP contribution in [0.15, 0.2) is 172 Å².